The van der Waals surface area contributed by atoms with Gasteiger partial charge in [-0.25, -0.2) is 4.98 Å². The summed E-state index contributed by atoms with van der Waals surface area (Å²) in [6.45, 7) is 0.689. The number of aliphatic hydroxyl groups is 1. The zero-order valence-corrected chi connectivity index (χ0v) is 23.3. The molecule has 0 saturated heterocycles. The molecule has 2 heterocycles. The molecule has 6 heteroatoms. The summed E-state index contributed by atoms with van der Waals surface area (Å²) in [5, 5.41) is 17.1. The van der Waals surface area contributed by atoms with Gasteiger partial charge in [0.1, 0.15) is 9.94 Å². The van der Waals surface area contributed by atoms with Crippen LogP contribution in [0.2, 0.25) is 4.34 Å². The molecule has 0 amide bonds. The van der Waals surface area contributed by atoms with E-state index in [1.165, 1.54) is 11.3 Å². The van der Waals surface area contributed by atoms with E-state index in [2.05, 4.69) is 41.3 Å². The molecule has 5 rings (SSSR count). The van der Waals surface area contributed by atoms with Gasteiger partial charge in [0.25, 0.3) is 0 Å². The Morgan fingerprint density at radius 1 is 1.00 bits per heavy atom. The largest absolute Gasteiger partial charge is 0.481 e. The minimum Gasteiger partial charge on any atom is -0.481 e. The van der Waals surface area contributed by atoms with Gasteiger partial charge in [-0.2, -0.15) is 0 Å². The van der Waals surface area contributed by atoms with Crippen LogP contribution in [0.15, 0.2) is 96.5 Å². The Morgan fingerprint density at radius 3 is 2.45 bits per heavy atom. The van der Waals surface area contributed by atoms with Crippen LogP contribution in [0.1, 0.15) is 29.0 Å². The molecule has 3 aromatic carbocycles. The average Bonchev–Trinajstić information content (AvgIpc) is 3.38. The van der Waals surface area contributed by atoms with Gasteiger partial charge < -0.3 is 14.7 Å². The molecule has 0 fully saturated rings. The van der Waals surface area contributed by atoms with Crippen molar-refractivity contribution >= 4 is 33.7 Å². The van der Waals surface area contributed by atoms with Crippen LogP contribution in [-0.4, -0.2) is 42.7 Å². The number of hydrogen-bond acceptors (Lipinski definition) is 5. The summed E-state index contributed by atoms with van der Waals surface area (Å²) in [5.74, 6) is 0.0201. The fraction of sp³-hybridized carbons (Fsp3) is 0.219. The van der Waals surface area contributed by atoms with Crippen LogP contribution < -0.4 is 4.74 Å². The average molecular weight is 543 g/mol. The zero-order chi connectivity index (χ0) is 26.7. The Balaban J connectivity index is 1.81. The molecule has 0 saturated carbocycles. The molecule has 0 bridgehead atoms. The topological polar surface area (TPSA) is 45.6 Å². The third-order valence-electron chi connectivity index (χ3n) is 7.12. The molecule has 1 N–H and O–H groups in total. The lowest BCUT2D eigenvalue weighted by molar-refractivity contribution is 0.00517. The number of thiophene rings is 1. The van der Waals surface area contributed by atoms with E-state index in [1.807, 2.05) is 68.0 Å². The van der Waals surface area contributed by atoms with Crippen LogP contribution >= 0.6 is 22.9 Å². The summed E-state index contributed by atoms with van der Waals surface area (Å²) in [6.07, 6.45) is 2.29. The first kappa shape index (κ1) is 26.4. The molecule has 0 radical (unpaired) electrons. The summed E-state index contributed by atoms with van der Waals surface area (Å²) in [7, 11) is 5.69. The minimum absolute atomic E-state index is 0.464. The van der Waals surface area contributed by atoms with Crippen molar-refractivity contribution < 1.29 is 9.84 Å². The first-order valence-electron chi connectivity index (χ1n) is 12.6. The van der Waals surface area contributed by atoms with E-state index in [9.17, 15) is 5.11 Å². The summed E-state index contributed by atoms with van der Waals surface area (Å²) in [6, 6.07) is 28.6. The first-order valence-corrected chi connectivity index (χ1v) is 13.9. The summed E-state index contributed by atoms with van der Waals surface area (Å²) < 4.78 is 6.54. The highest BCUT2D eigenvalue weighted by molar-refractivity contribution is 7.15. The molecule has 2 aromatic heterocycles. The molecule has 4 nitrogen and oxygen atoms in total. The minimum atomic E-state index is -1.28. The standard InChI is InChI=1S/C32H31ClN2O2S/c1-35(2)18-17-32(36,28-15-9-13-22-10-7-8-14-25(22)28)29(23-11-5-4-6-12-23)27-20-24(21-34-31(27)37-3)26-16-19-38-30(26)33/h4-16,19-21,29,36H,17-18H2,1-3H3. The Kier molecular flexibility index (Phi) is 7.82. The second-order valence-corrected chi connectivity index (χ2v) is 11.3. The van der Waals surface area contributed by atoms with Gasteiger partial charge >= 0.3 is 0 Å². The summed E-state index contributed by atoms with van der Waals surface area (Å²) >= 11 is 8.02. The van der Waals surface area contributed by atoms with Gasteiger partial charge in [0.15, 0.2) is 0 Å². The Morgan fingerprint density at radius 2 is 1.74 bits per heavy atom. The van der Waals surface area contributed by atoms with Gasteiger partial charge in [-0.05, 0) is 59.9 Å². The normalized spacial score (nSPS) is 13.9. The molecule has 38 heavy (non-hydrogen) atoms. The van der Waals surface area contributed by atoms with Gasteiger partial charge in [-0.1, -0.05) is 84.4 Å². The van der Waals surface area contributed by atoms with E-state index < -0.39 is 11.5 Å². The molecule has 0 aliphatic heterocycles. The predicted molar refractivity (Wildman–Crippen MR) is 158 cm³/mol. The fourth-order valence-corrected chi connectivity index (χ4v) is 6.25. The van der Waals surface area contributed by atoms with Crippen molar-refractivity contribution in [1.29, 1.82) is 0 Å². The van der Waals surface area contributed by atoms with Crippen LogP contribution in [0.25, 0.3) is 21.9 Å². The van der Waals surface area contributed by atoms with E-state index in [4.69, 9.17) is 21.3 Å². The third kappa shape index (κ3) is 5.07. The van der Waals surface area contributed by atoms with Crippen LogP contribution in [0.3, 0.4) is 0 Å². The van der Waals surface area contributed by atoms with E-state index in [0.29, 0.717) is 23.2 Å². The van der Waals surface area contributed by atoms with E-state index in [0.717, 1.165) is 38.6 Å². The van der Waals surface area contributed by atoms with Crippen molar-refractivity contribution in [2.75, 3.05) is 27.7 Å². The lowest BCUT2D eigenvalue weighted by atomic mass is 9.70. The van der Waals surface area contributed by atoms with Crippen LogP contribution in [-0.2, 0) is 5.60 Å². The number of ether oxygens (including phenoxy) is 1. The number of benzene rings is 3. The molecular weight excluding hydrogens is 512 g/mol. The Labute approximate surface area is 233 Å². The van der Waals surface area contributed by atoms with Gasteiger partial charge in [-0.3, -0.25) is 0 Å². The number of methoxy groups -OCH3 is 1. The highest BCUT2D eigenvalue weighted by Crippen LogP contribution is 2.49. The van der Waals surface area contributed by atoms with E-state index in [-0.39, 0.29) is 0 Å². The maximum atomic E-state index is 13.1. The van der Waals surface area contributed by atoms with Crippen LogP contribution in [0.5, 0.6) is 5.88 Å². The smallest absolute Gasteiger partial charge is 0.217 e. The summed E-state index contributed by atoms with van der Waals surface area (Å²) in [4.78, 5) is 6.81. The number of rotatable bonds is 9. The maximum Gasteiger partial charge on any atom is 0.217 e. The van der Waals surface area contributed by atoms with Crippen molar-refractivity contribution in [3.8, 4) is 17.0 Å². The highest BCUT2D eigenvalue weighted by atomic mass is 35.5. The van der Waals surface area contributed by atoms with E-state index >= 15 is 0 Å². The number of hydrogen-bond donors (Lipinski definition) is 1. The van der Waals surface area contributed by atoms with Crippen molar-refractivity contribution in [2.24, 2.45) is 0 Å². The molecule has 2 atom stereocenters. The van der Waals surface area contributed by atoms with Gasteiger partial charge in [0.05, 0.1) is 7.11 Å². The quantitative estimate of drug-likeness (QED) is 0.208. The lowest BCUT2D eigenvalue weighted by Crippen LogP contribution is -2.38. The number of halogens is 1. The Bertz CT molecular complexity index is 1530. The van der Waals surface area contributed by atoms with Crippen LogP contribution in [0, 0.1) is 0 Å². The lowest BCUT2D eigenvalue weighted by Gasteiger charge is -2.39. The van der Waals surface area contributed by atoms with Crippen molar-refractivity contribution in [3.63, 3.8) is 0 Å². The van der Waals surface area contributed by atoms with E-state index in [1.54, 1.807) is 13.3 Å². The summed E-state index contributed by atoms with van der Waals surface area (Å²) in [5.41, 5.74) is 3.21. The molecule has 2 unspecified atom stereocenters. The van der Waals surface area contributed by atoms with Crippen LogP contribution in [0.4, 0.5) is 0 Å². The van der Waals surface area contributed by atoms with Crippen molar-refractivity contribution in [2.45, 2.75) is 17.9 Å². The van der Waals surface area contributed by atoms with Crippen molar-refractivity contribution in [3.05, 3.63) is 118 Å². The fourth-order valence-electron chi connectivity index (χ4n) is 5.28. The predicted octanol–water partition coefficient (Wildman–Crippen LogP) is 7.60. The number of pyridine rings is 1. The second-order valence-electron chi connectivity index (χ2n) is 9.78. The monoisotopic (exact) mass is 542 g/mol. The maximum absolute atomic E-state index is 13.1. The highest BCUT2D eigenvalue weighted by Gasteiger charge is 2.43. The molecule has 0 aliphatic carbocycles. The first-order chi connectivity index (χ1) is 18.4. The molecule has 0 spiro atoms. The Hall–Kier alpha value is -3.22. The molecule has 5 aromatic rings. The third-order valence-corrected chi connectivity index (χ3v) is 8.29. The molecule has 194 valence electrons. The van der Waals surface area contributed by atoms with Crippen molar-refractivity contribution in [1.82, 2.24) is 9.88 Å². The zero-order valence-electron chi connectivity index (χ0n) is 21.8. The second kappa shape index (κ2) is 11.3. The number of fused-ring (bicyclic) bond motifs is 1. The molecular formula is C32H31ClN2O2S. The number of aromatic nitrogens is 1. The molecule has 0 aliphatic rings. The van der Waals surface area contributed by atoms with Gasteiger partial charge in [0.2, 0.25) is 5.88 Å². The number of nitrogens with zero attached hydrogens (tertiary/aromatic N) is 2. The van der Waals surface area contributed by atoms with Gasteiger partial charge in [0, 0.05) is 35.3 Å². The van der Waals surface area contributed by atoms with Gasteiger partial charge in [-0.15, -0.1) is 11.3 Å². The SMILES string of the molecule is COc1ncc(-c2ccsc2Cl)cc1C(c1ccccc1)C(O)(CCN(C)C)c1cccc2ccccc12.